The first-order chi connectivity index (χ1) is 12.9. The van der Waals surface area contributed by atoms with Crippen LogP contribution in [0.2, 0.25) is 36.3 Å². The van der Waals surface area contributed by atoms with Crippen molar-refractivity contribution in [2.24, 2.45) is 11.8 Å². The molecule has 2 fully saturated rings. The van der Waals surface area contributed by atoms with Gasteiger partial charge in [-0.3, -0.25) is 4.79 Å². The van der Waals surface area contributed by atoms with E-state index in [0.717, 1.165) is 12.8 Å². The van der Waals surface area contributed by atoms with Gasteiger partial charge in [0.25, 0.3) is 0 Å². The average molecular weight is 441 g/mol. The Morgan fingerprint density at radius 3 is 2.03 bits per heavy atom. The number of ketones is 1. The van der Waals surface area contributed by atoms with Crippen molar-refractivity contribution in [3.8, 4) is 0 Å². The highest BCUT2D eigenvalue weighted by Gasteiger charge is 2.69. The summed E-state index contributed by atoms with van der Waals surface area (Å²) >= 11 is 0. The Labute approximate surface area is 180 Å². The number of aliphatic hydroxyl groups excluding tert-OH is 1. The maximum atomic E-state index is 13.1. The van der Waals surface area contributed by atoms with Crippen LogP contribution in [0.1, 0.15) is 60.8 Å². The second-order valence-electron chi connectivity index (χ2n) is 12.2. The number of fused-ring (bicyclic) bond motifs is 1. The molecule has 0 amide bonds. The summed E-state index contributed by atoms with van der Waals surface area (Å²) in [5, 5.41) is 11.0. The van der Waals surface area contributed by atoms with Gasteiger partial charge >= 0.3 is 0 Å². The van der Waals surface area contributed by atoms with E-state index in [2.05, 4.69) is 74.3 Å². The molecule has 0 saturated heterocycles. The maximum Gasteiger partial charge on any atom is 0.193 e. The third-order valence-corrected chi connectivity index (χ3v) is 17.2. The van der Waals surface area contributed by atoms with E-state index >= 15 is 0 Å². The van der Waals surface area contributed by atoms with Gasteiger partial charge < -0.3 is 14.0 Å². The fraction of sp³-hybridized carbons (Fsp3) is 0.870. The van der Waals surface area contributed by atoms with Crippen LogP contribution in [0.4, 0.5) is 0 Å². The third-order valence-electron chi connectivity index (χ3n) is 8.26. The summed E-state index contributed by atoms with van der Waals surface area (Å²) in [6.07, 6.45) is 2.79. The third kappa shape index (κ3) is 4.12. The normalized spacial score (nSPS) is 33.8. The number of rotatable bonds is 6. The Balaban J connectivity index is 2.60. The molecule has 2 aliphatic carbocycles. The van der Waals surface area contributed by atoms with E-state index in [-0.39, 0.29) is 33.8 Å². The highest BCUT2D eigenvalue weighted by Crippen LogP contribution is 2.58. The van der Waals surface area contributed by atoms with Crippen LogP contribution in [0.5, 0.6) is 0 Å². The molecule has 6 heteroatoms. The van der Waals surface area contributed by atoms with Crippen molar-refractivity contribution in [2.45, 2.75) is 115 Å². The summed E-state index contributed by atoms with van der Waals surface area (Å²) in [5.74, 6) is -0.632. The van der Waals surface area contributed by atoms with Gasteiger partial charge in [-0.2, -0.15) is 0 Å². The Kier molecular flexibility index (Phi) is 6.63. The second kappa shape index (κ2) is 7.70. The SMILES string of the molecule is C=CC[C@H]1[C@@H](O)C(=O)[C@@H]2CC[C@H](O[Si](C)(C)C(C)(C)C)[C@@]21O[Si](C)(C)C(C)(C)C. The minimum atomic E-state index is -2.22. The van der Waals surface area contributed by atoms with Gasteiger partial charge in [0.2, 0.25) is 0 Å². The Hall–Kier alpha value is -0.276. The summed E-state index contributed by atoms with van der Waals surface area (Å²) < 4.78 is 14.1. The zero-order chi connectivity index (χ0) is 22.6. The predicted molar refractivity (Wildman–Crippen MR) is 125 cm³/mol. The van der Waals surface area contributed by atoms with Crippen LogP contribution in [0.15, 0.2) is 12.7 Å². The van der Waals surface area contributed by atoms with Gasteiger partial charge in [-0.1, -0.05) is 47.6 Å². The Bertz CT molecular complexity index is 644. The molecule has 0 spiro atoms. The fourth-order valence-corrected chi connectivity index (χ4v) is 7.47. The van der Waals surface area contributed by atoms with E-state index in [1.165, 1.54) is 0 Å². The maximum absolute atomic E-state index is 13.1. The van der Waals surface area contributed by atoms with E-state index in [1.54, 1.807) is 0 Å². The van der Waals surface area contributed by atoms with Gasteiger partial charge in [0.05, 0.1) is 17.6 Å². The number of hydrogen-bond donors (Lipinski definition) is 1. The summed E-state index contributed by atoms with van der Waals surface area (Å²) in [7, 11) is -4.30. The highest BCUT2D eigenvalue weighted by molar-refractivity contribution is 6.74. The first kappa shape index (κ1) is 25.0. The van der Waals surface area contributed by atoms with Crippen LogP contribution in [0, 0.1) is 11.8 Å². The molecule has 0 aromatic heterocycles. The second-order valence-corrected chi connectivity index (χ2v) is 21.7. The molecule has 0 heterocycles. The molecule has 0 unspecified atom stereocenters. The summed E-state index contributed by atoms with van der Waals surface area (Å²) in [6, 6.07) is 0. The van der Waals surface area contributed by atoms with Crippen LogP contribution >= 0.6 is 0 Å². The number of aliphatic hydroxyl groups is 1. The Morgan fingerprint density at radius 2 is 1.59 bits per heavy atom. The quantitative estimate of drug-likeness (QED) is 0.426. The fourth-order valence-electron chi connectivity index (χ4n) is 4.49. The minimum absolute atomic E-state index is 0.00569. The van der Waals surface area contributed by atoms with Crippen molar-refractivity contribution < 1.29 is 18.8 Å². The van der Waals surface area contributed by atoms with Gasteiger partial charge in [0.1, 0.15) is 6.10 Å². The predicted octanol–water partition coefficient (Wildman–Crippen LogP) is 5.68. The number of hydrogen-bond acceptors (Lipinski definition) is 4. The highest BCUT2D eigenvalue weighted by atomic mass is 28.4. The van der Waals surface area contributed by atoms with Crippen LogP contribution < -0.4 is 0 Å². The molecule has 0 aliphatic heterocycles. The molecule has 5 atom stereocenters. The molecule has 0 radical (unpaired) electrons. The van der Waals surface area contributed by atoms with Crippen molar-refractivity contribution in [2.75, 3.05) is 0 Å². The molecule has 2 saturated carbocycles. The van der Waals surface area contributed by atoms with Crippen LogP contribution in [-0.2, 0) is 13.6 Å². The molecule has 0 bridgehead atoms. The molecule has 29 heavy (non-hydrogen) atoms. The van der Waals surface area contributed by atoms with Gasteiger partial charge in [-0.25, -0.2) is 0 Å². The van der Waals surface area contributed by atoms with Crippen LogP contribution in [-0.4, -0.2) is 45.3 Å². The zero-order valence-corrected chi connectivity index (χ0v) is 22.4. The standard InChI is InChI=1S/C23H44O4Si2/c1-12-13-16-19(24)20(25)17-14-15-18(26-28(8,9)21(2,3)4)23(16,17)27-29(10,11)22(5,6)7/h12,16-19,24H,1,13-15H2,2-11H3/t16-,17-,18-,19+,23-/m0/s1. The zero-order valence-electron chi connectivity index (χ0n) is 20.4. The lowest BCUT2D eigenvalue weighted by Gasteiger charge is -2.51. The molecule has 2 aliphatic rings. The molecule has 168 valence electrons. The van der Waals surface area contributed by atoms with E-state index in [0.29, 0.717) is 6.42 Å². The topological polar surface area (TPSA) is 55.8 Å². The van der Waals surface area contributed by atoms with Crippen molar-refractivity contribution >= 4 is 22.4 Å². The van der Waals surface area contributed by atoms with Crippen LogP contribution in [0.25, 0.3) is 0 Å². The molecule has 4 nitrogen and oxygen atoms in total. The molecular weight excluding hydrogens is 396 g/mol. The first-order valence-electron chi connectivity index (χ1n) is 11.1. The number of allylic oxidation sites excluding steroid dienone is 1. The molecule has 0 aromatic rings. The number of Topliss-reactive ketones (excluding diaryl/α,β-unsaturated/α-hetero) is 1. The van der Waals surface area contributed by atoms with Crippen molar-refractivity contribution in [3.05, 3.63) is 12.7 Å². The molecule has 2 rings (SSSR count). The van der Waals surface area contributed by atoms with Gasteiger partial charge in [0, 0.05) is 5.92 Å². The van der Waals surface area contributed by atoms with Gasteiger partial charge in [-0.15, -0.1) is 6.58 Å². The average Bonchev–Trinajstić information content (AvgIpc) is 2.95. The largest absolute Gasteiger partial charge is 0.411 e. The van der Waals surface area contributed by atoms with Crippen LogP contribution in [0.3, 0.4) is 0 Å². The lowest BCUT2D eigenvalue weighted by molar-refractivity contribution is -0.129. The van der Waals surface area contributed by atoms with E-state index in [9.17, 15) is 9.90 Å². The molecular formula is C23H44O4Si2. The van der Waals surface area contributed by atoms with Crippen molar-refractivity contribution in [3.63, 3.8) is 0 Å². The molecule has 0 aromatic carbocycles. The van der Waals surface area contributed by atoms with Crippen molar-refractivity contribution in [1.82, 2.24) is 0 Å². The van der Waals surface area contributed by atoms with Gasteiger partial charge in [-0.05, 0) is 55.5 Å². The van der Waals surface area contributed by atoms with E-state index < -0.39 is 28.3 Å². The Morgan fingerprint density at radius 1 is 1.07 bits per heavy atom. The summed E-state index contributed by atoms with van der Waals surface area (Å²) in [5.41, 5.74) is -0.747. The van der Waals surface area contributed by atoms with Crippen molar-refractivity contribution in [1.29, 1.82) is 0 Å². The first-order valence-corrected chi connectivity index (χ1v) is 16.9. The lowest BCUT2D eigenvalue weighted by Crippen LogP contribution is -2.61. The minimum Gasteiger partial charge on any atom is -0.411 e. The van der Waals surface area contributed by atoms with E-state index in [1.807, 2.05) is 6.08 Å². The van der Waals surface area contributed by atoms with Gasteiger partial charge in [0.15, 0.2) is 22.4 Å². The number of carbonyl (C=O) groups is 1. The van der Waals surface area contributed by atoms with E-state index in [4.69, 9.17) is 8.85 Å². The molecule has 1 N–H and O–H groups in total. The smallest absolute Gasteiger partial charge is 0.193 e. The lowest BCUT2D eigenvalue weighted by atomic mass is 9.82. The summed E-state index contributed by atoms with van der Waals surface area (Å²) in [4.78, 5) is 13.1. The summed E-state index contributed by atoms with van der Waals surface area (Å²) in [6.45, 7) is 26.3. The monoisotopic (exact) mass is 440 g/mol. The number of carbonyl (C=O) groups excluding carboxylic acids is 1.